The van der Waals surface area contributed by atoms with Gasteiger partial charge in [-0.05, 0) is 11.6 Å². The van der Waals surface area contributed by atoms with E-state index in [1.54, 1.807) is 11.8 Å². The lowest BCUT2D eigenvalue weighted by molar-refractivity contribution is 0.545. The predicted octanol–water partition coefficient (Wildman–Crippen LogP) is 4.36. The molecule has 0 aromatic heterocycles. The van der Waals surface area contributed by atoms with Gasteiger partial charge in [-0.2, -0.15) is 0 Å². The third-order valence-electron chi connectivity index (χ3n) is 3.03. The molecule has 1 nitrogen and oxygen atoms in total. The third kappa shape index (κ3) is 2.30. The zero-order valence-corrected chi connectivity index (χ0v) is 10.6. The van der Waals surface area contributed by atoms with Crippen molar-refractivity contribution >= 4 is 17.4 Å². The van der Waals surface area contributed by atoms with E-state index in [0.717, 1.165) is 10.5 Å². The van der Waals surface area contributed by atoms with E-state index in [1.807, 2.05) is 24.3 Å². The van der Waals surface area contributed by atoms with Crippen molar-refractivity contribution in [1.29, 1.82) is 0 Å². The summed E-state index contributed by atoms with van der Waals surface area (Å²) in [6.45, 7) is 0. The van der Waals surface area contributed by atoms with Crippen molar-refractivity contribution in [2.45, 2.75) is 10.9 Å². The van der Waals surface area contributed by atoms with E-state index in [0.29, 0.717) is 17.9 Å². The van der Waals surface area contributed by atoms with Gasteiger partial charge in [0.15, 0.2) is 11.6 Å². The van der Waals surface area contributed by atoms with Crippen LogP contribution in [0.2, 0.25) is 0 Å². The molecule has 2 aromatic rings. The van der Waals surface area contributed by atoms with Gasteiger partial charge in [0.05, 0.1) is 6.04 Å². The Hall–Kier alpha value is -1.62. The van der Waals surface area contributed by atoms with Gasteiger partial charge in [-0.15, -0.1) is 11.8 Å². The fourth-order valence-corrected chi connectivity index (χ4v) is 3.30. The zero-order valence-electron chi connectivity index (χ0n) is 9.79. The lowest BCUT2D eigenvalue weighted by Gasteiger charge is -2.16. The minimum atomic E-state index is -0.915. The minimum Gasteiger partial charge on any atom is -0.373 e. The van der Waals surface area contributed by atoms with Crippen LogP contribution in [0.3, 0.4) is 0 Å². The zero-order chi connectivity index (χ0) is 13.4. The van der Waals surface area contributed by atoms with Crippen LogP contribution in [-0.2, 0) is 0 Å². The van der Waals surface area contributed by atoms with E-state index < -0.39 is 17.5 Å². The predicted molar refractivity (Wildman–Crippen MR) is 69.8 cm³/mol. The van der Waals surface area contributed by atoms with Crippen LogP contribution in [0.5, 0.6) is 0 Å². The smallest absolute Gasteiger partial charge is 0.152 e. The second-order valence-electron chi connectivity index (χ2n) is 4.29. The highest BCUT2D eigenvalue weighted by molar-refractivity contribution is 7.99. The van der Waals surface area contributed by atoms with Crippen molar-refractivity contribution in [2.75, 3.05) is 11.1 Å². The molecule has 5 heteroatoms. The second-order valence-corrected chi connectivity index (χ2v) is 5.35. The molecule has 1 aliphatic heterocycles. The average Bonchev–Trinajstić information content (AvgIpc) is 2.77. The summed E-state index contributed by atoms with van der Waals surface area (Å²) in [6.07, 6.45) is 0. The Morgan fingerprint density at radius 2 is 1.74 bits per heavy atom. The molecule has 1 heterocycles. The fourth-order valence-electron chi connectivity index (χ4n) is 2.14. The summed E-state index contributed by atoms with van der Waals surface area (Å²) < 4.78 is 40.0. The Bertz CT molecular complexity index is 607. The van der Waals surface area contributed by atoms with Crippen LogP contribution in [0.25, 0.3) is 0 Å². The van der Waals surface area contributed by atoms with E-state index in [-0.39, 0.29) is 11.7 Å². The first-order valence-corrected chi connectivity index (χ1v) is 6.76. The molecule has 98 valence electrons. The number of thioether (sulfide) groups is 1. The van der Waals surface area contributed by atoms with Gasteiger partial charge in [0.2, 0.25) is 0 Å². The molecule has 0 spiro atoms. The lowest BCUT2D eigenvalue weighted by atomic mass is 10.1. The summed E-state index contributed by atoms with van der Waals surface area (Å²) >= 11 is 1.63. The summed E-state index contributed by atoms with van der Waals surface area (Å²) in [7, 11) is 0. The maximum atomic E-state index is 13.6. The van der Waals surface area contributed by atoms with E-state index in [9.17, 15) is 13.2 Å². The van der Waals surface area contributed by atoms with Crippen LogP contribution < -0.4 is 5.32 Å². The molecule has 1 unspecified atom stereocenters. The summed E-state index contributed by atoms with van der Waals surface area (Å²) in [6, 6.07) is 8.89. The first kappa shape index (κ1) is 12.4. The minimum absolute atomic E-state index is 0.171. The molecule has 3 rings (SSSR count). The van der Waals surface area contributed by atoms with Crippen molar-refractivity contribution < 1.29 is 13.2 Å². The Kier molecular flexibility index (Phi) is 3.14. The van der Waals surface area contributed by atoms with E-state index in [2.05, 4.69) is 5.32 Å². The number of hydrogen-bond donors (Lipinski definition) is 1. The van der Waals surface area contributed by atoms with E-state index in [1.165, 1.54) is 0 Å². The average molecular weight is 281 g/mol. The van der Waals surface area contributed by atoms with Gasteiger partial charge < -0.3 is 5.32 Å². The highest BCUT2D eigenvalue weighted by atomic mass is 32.2. The summed E-state index contributed by atoms with van der Waals surface area (Å²) in [4.78, 5) is 1.10. The normalized spacial score (nSPS) is 17.3. The van der Waals surface area contributed by atoms with Crippen molar-refractivity contribution in [3.8, 4) is 0 Å². The van der Waals surface area contributed by atoms with Crippen LogP contribution in [-0.4, -0.2) is 5.75 Å². The first-order valence-electron chi connectivity index (χ1n) is 5.78. The van der Waals surface area contributed by atoms with Crippen LogP contribution in [0, 0.1) is 17.5 Å². The van der Waals surface area contributed by atoms with Crippen LogP contribution in [0.1, 0.15) is 11.6 Å². The van der Waals surface area contributed by atoms with Gasteiger partial charge in [-0.3, -0.25) is 0 Å². The van der Waals surface area contributed by atoms with Crippen LogP contribution in [0.15, 0.2) is 41.3 Å². The van der Waals surface area contributed by atoms with E-state index in [4.69, 9.17) is 0 Å². The number of benzene rings is 2. The van der Waals surface area contributed by atoms with Crippen molar-refractivity contribution in [3.05, 3.63) is 59.4 Å². The maximum absolute atomic E-state index is 13.6. The fraction of sp³-hybridized carbons (Fsp3) is 0.143. The summed E-state index contributed by atoms with van der Waals surface area (Å²) in [5, 5.41) is 2.82. The Balaban J connectivity index is 1.92. The van der Waals surface area contributed by atoms with Gasteiger partial charge in [0.25, 0.3) is 0 Å². The van der Waals surface area contributed by atoms with Gasteiger partial charge in [-0.25, -0.2) is 13.2 Å². The molecular formula is C14H10F3NS. The molecule has 1 N–H and O–H groups in total. The molecule has 2 aromatic carbocycles. The number of hydrogen-bond acceptors (Lipinski definition) is 2. The highest BCUT2D eigenvalue weighted by Crippen LogP contribution is 2.40. The van der Waals surface area contributed by atoms with Crippen molar-refractivity contribution in [2.24, 2.45) is 0 Å². The highest BCUT2D eigenvalue weighted by Gasteiger charge is 2.24. The van der Waals surface area contributed by atoms with Crippen molar-refractivity contribution in [1.82, 2.24) is 0 Å². The molecule has 1 atom stereocenters. The topological polar surface area (TPSA) is 12.0 Å². The second kappa shape index (κ2) is 4.81. The molecule has 0 amide bonds. The van der Waals surface area contributed by atoms with Crippen molar-refractivity contribution in [3.63, 3.8) is 0 Å². The van der Waals surface area contributed by atoms with Gasteiger partial charge >= 0.3 is 0 Å². The maximum Gasteiger partial charge on any atom is 0.152 e. The Morgan fingerprint density at radius 1 is 1.05 bits per heavy atom. The number of nitrogens with one attached hydrogen (secondary N) is 1. The summed E-state index contributed by atoms with van der Waals surface area (Å²) in [5.74, 6) is -2.05. The standard InChI is InChI=1S/C14H10F3NS/c15-8-5-10(16)14(11(17)6-8)18-12-7-19-13-4-2-1-3-9(12)13/h1-6,12,18H,7H2. The number of halogens is 3. The number of fused-ring (bicyclic) bond motifs is 1. The van der Waals surface area contributed by atoms with Gasteiger partial charge in [-0.1, -0.05) is 18.2 Å². The van der Waals surface area contributed by atoms with Crippen LogP contribution >= 0.6 is 11.8 Å². The molecule has 1 aliphatic rings. The first-order chi connectivity index (χ1) is 9.15. The van der Waals surface area contributed by atoms with Gasteiger partial charge in [0.1, 0.15) is 11.5 Å². The lowest BCUT2D eigenvalue weighted by Crippen LogP contribution is -2.12. The summed E-state index contributed by atoms with van der Waals surface area (Å²) in [5.41, 5.74) is 0.735. The van der Waals surface area contributed by atoms with Crippen LogP contribution in [0.4, 0.5) is 18.9 Å². The molecule has 19 heavy (non-hydrogen) atoms. The molecule has 0 bridgehead atoms. The SMILES string of the molecule is Fc1cc(F)c(NC2CSc3ccccc32)c(F)c1. The number of rotatable bonds is 2. The Morgan fingerprint density at radius 3 is 2.47 bits per heavy atom. The van der Waals surface area contributed by atoms with E-state index >= 15 is 0 Å². The Labute approximate surface area is 112 Å². The largest absolute Gasteiger partial charge is 0.373 e. The molecule has 0 aliphatic carbocycles. The number of anilines is 1. The molecular weight excluding hydrogens is 271 g/mol. The monoisotopic (exact) mass is 281 g/mol. The van der Waals surface area contributed by atoms with Gasteiger partial charge in [0, 0.05) is 22.8 Å². The molecule has 0 fully saturated rings. The molecule has 0 saturated carbocycles. The molecule has 0 radical (unpaired) electrons. The quantitative estimate of drug-likeness (QED) is 0.877. The molecule has 0 saturated heterocycles. The third-order valence-corrected chi connectivity index (χ3v) is 4.21.